The number of oxazole rings is 1. The molecule has 8 heteroatoms. The number of amides is 2. The van der Waals surface area contributed by atoms with Gasteiger partial charge in [-0.2, -0.15) is 0 Å². The Morgan fingerprint density at radius 3 is 2.76 bits per heavy atom. The number of imidazole rings is 1. The normalized spacial score (nSPS) is 23.8. The number of piperidine rings is 1. The zero-order chi connectivity index (χ0) is 17.6. The molecule has 1 aliphatic heterocycles. The molecule has 0 aromatic carbocycles. The van der Waals surface area contributed by atoms with Gasteiger partial charge in [0.2, 0.25) is 5.91 Å². The van der Waals surface area contributed by atoms with Crippen molar-refractivity contribution in [3.8, 4) is 0 Å². The molecule has 1 saturated carbocycles. The first kappa shape index (κ1) is 15.9. The van der Waals surface area contributed by atoms with E-state index in [1.807, 2.05) is 17.8 Å². The maximum absolute atomic E-state index is 12.8. The quantitative estimate of drug-likeness (QED) is 0.905. The van der Waals surface area contributed by atoms with Crippen LogP contribution >= 0.6 is 0 Å². The smallest absolute Gasteiger partial charge is 0.273 e. The van der Waals surface area contributed by atoms with Gasteiger partial charge >= 0.3 is 0 Å². The van der Waals surface area contributed by atoms with Crippen molar-refractivity contribution in [1.82, 2.24) is 24.8 Å². The van der Waals surface area contributed by atoms with Gasteiger partial charge in [-0.1, -0.05) is 0 Å². The van der Waals surface area contributed by atoms with Gasteiger partial charge in [0, 0.05) is 38.8 Å². The number of carbonyl (C=O) groups is 2. The van der Waals surface area contributed by atoms with Crippen molar-refractivity contribution in [2.75, 3.05) is 7.05 Å². The van der Waals surface area contributed by atoms with Crippen molar-refractivity contribution in [2.24, 2.45) is 7.05 Å². The van der Waals surface area contributed by atoms with Crippen molar-refractivity contribution in [3.05, 3.63) is 36.1 Å². The summed E-state index contributed by atoms with van der Waals surface area (Å²) < 4.78 is 7.28. The zero-order valence-electron chi connectivity index (χ0n) is 14.3. The van der Waals surface area contributed by atoms with E-state index in [2.05, 4.69) is 15.3 Å². The summed E-state index contributed by atoms with van der Waals surface area (Å²) in [7, 11) is 3.64. The molecule has 0 unspecified atom stereocenters. The fourth-order valence-electron chi connectivity index (χ4n) is 3.50. The van der Waals surface area contributed by atoms with Crippen LogP contribution in [-0.2, 0) is 11.8 Å². The number of aromatic nitrogens is 3. The second-order valence-corrected chi connectivity index (χ2v) is 6.80. The summed E-state index contributed by atoms with van der Waals surface area (Å²) in [5.41, 5.74) is 0.362. The predicted molar refractivity (Wildman–Crippen MR) is 87.7 cm³/mol. The molecule has 25 heavy (non-hydrogen) atoms. The monoisotopic (exact) mass is 343 g/mol. The van der Waals surface area contributed by atoms with E-state index < -0.39 is 0 Å². The number of nitrogens with zero attached hydrogens (tertiary/aromatic N) is 4. The summed E-state index contributed by atoms with van der Waals surface area (Å²) in [4.78, 5) is 35.1. The third kappa shape index (κ3) is 2.81. The molecule has 1 N–H and O–H groups in total. The third-order valence-corrected chi connectivity index (χ3v) is 5.06. The Balaban J connectivity index is 1.59. The second-order valence-electron chi connectivity index (χ2n) is 6.80. The predicted octanol–water partition coefficient (Wildman–Crippen LogP) is 1.38. The standard InChI is InChI=1S/C17H21N5O3/c1-21-8-7-18-16(21)14-11(5-6-12(23)22(14)2)20-17(24)13-15(10-3-4-10)25-9-19-13/h7-11,14H,3-6H2,1-2H3,(H,20,24)/t11-,14-/m1/s1. The number of nitrogens with one attached hydrogen (secondary N) is 1. The van der Waals surface area contributed by atoms with E-state index in [0.29, 0.717) is 30.2 Å². The van der Waals surface area contributed by atoms with Gasteiger partial charge in [0.1, 0.15) is 17.6 Å². The highest BCUT2D eigenvalue weighted by atomic mass is 16.3. The van der Waals surface area contributed by atoms with E-state index in [9.17, 15) is 9.59 Å². The molecular weight excluding hydrogens is 322 g/mol. The molecule has 8 nitrogen and oxygen atoms in total. The van der Waals surface area contributed by atoms with E-state index in [1.54, 1.807) is 18.1 Å². The van der Waals surface area contributed by atoms with E-state index in [1.165, 1.54) is 6.39 Å². The van der Waals surface area contributed by atoms with E-state index in [4.69, 9.17) is 4.42 Å². The summed E-state index contributed by atoms with van der Waals surface area (Å²) in [5.74, 6) is 1.54. The van der Waals surface area contributed by atoms with Gasteiger partial charge in [-0.05, 0) is 19.3 Å². The Morgan fingerprint density at radius 1 is 1.28 bits per heavy atom. The fourth-order valence-corrected chi connectivity index (χ4v) is 3.50. The molecule has 1 saturated heterocycles. The number of likely N-dealkylation sites (tertiary alicyclic amines) is 1. The lowest BCUT2D eigenvalue weighted by Gasteiger charge is -2.38. The minimum absolute atomic E-state index is 0.0543. The second kappa shape index (κ2) is 6.02. The average molecular weight is 343 g/mol. The largest absolute Gasteiger partial charge is 0.447 e. The Bertz CT molecular complexity index is 807. The molecule has 2 aromatic rings. The molecule has 2 aliphatic rings. The first-order chi connectivity index (χ1) is 12.1. The SMILES string of the molecule is CN1C(=O)CC[C@@H](NC(=O)c2ncoc2C2CC2)[C@@H]1c1nccn1C. The first-order valence-corrected chi connectivity index (χ1v) is 8.53. The van der Waals surface area contributed by atoms with Crippen LogP contribution in [0.15, 0.2) is 23.2 Å². The molecule has 3 heterocycles. The Labute approximate surface area is 145 Å². The van der Waals surface area contributed by atoms with Crippen LogP contribution in [0.2, 0.25) is 0 Å². The summed E-state index contributed by atoms with van der Waals surface area (Å²) in [6, 6.07) is -0.526. The molecule has 0 radical (unpaired) electrons. The number of carbonyl (C=O) groups excluding carboxylic acids is 2. The van der Waals surface area contributed by atoms with Crippen molar-refractivity contribution >= 4 is 11.8 Å². The van der Waals surface area contributed by atoms with Gasteiger partial charge in [-0.25, -0.2) is 9.97 Å². The summed E-state index contributed by atoms with van der Waals surface area (Å²) >= 11 is 0. The summed E-state index contributed by atoms with van der Waals surface area (Å²) in [5, 5.41) is 3.05. The number of aryl methyl sites for hydroxylation is 1. The van der Waals surface area contributed by atoms with Gasteiger partial charge in [-0.15, -0.1) is 0 Å². The molecule has 1 aliphatic carbocycles. The number of hydrogen-bond acceptors (Lipinski definition) is 5. The molecule has 4 rings (SSSR count). The Morgan fingerprint density at radius 2 is 2.08 bits per heavy atom. The molecule has 0 bridgehead atoms. The highest BCUT2D eigenvalue weighted by Crippen LogP contribution is 2.41. The van der Waals surface area contributed by atoms with Crippen LogP contribution < -0.4 is 5.32 Å². The lowest BCUT2D eigenvalue weighted by molar-refractivity contribution is -0.136. The maximum Gasteiger partial charge on any atom is 0.273 e. The third-order valence-electron chi connectivity index (χ3n) is 5.06. The number of likely N-dealkylation sites (N-methyl/N-ethyl adjacent to an activating group) is 1. The van der Waals surface area contributed by atoms with Gasteiger partial charge in [0.25, 0.3) is 5.91 Å². The van der Waals surface area contributed by atoms with E-state index >= 15 is 0 Å². The van der Waals surface area contributed by atoms with Crippen molar-refractivity contribution < 1.29 is 14.0 Å². The molecule has 0 spiro atoms. The highest BCUT2D eigenvalue weighted by Gasteiger charge is 2.39. The van der Waals surface area contributed by atoms with Crippen LogP contribution in [0.4, 0.5) is 0 Å². The Kier molecular flexibility index (Phi) is 3.82. The van der Waals surface area contributed by atoms with Crippen LogP contribution in [0.25, 0.3) is 0 Å². The lowest BCUT2D eigenvalue weighted by Crippen LogP contribution is -2.51. The van der Waals surface area contributed by atoms with Crippen LogP contribution in [0.1, 0.15) is 59.7 Å². The summed E-state index contributed by atoms with van der Waals surface area (Å²) in [6.07, 6.45) is 7.90. The van der Waals surface area contributed by atoms with Gasteiger partial charge in [0.15, 0.2) is 12.1 Å². The van der Waals surface area contributed by atoms with Gasteiger partial charge < -0.3 is 19.2 Å². The van der Waals surface area contributed by atoms with Crippen molar-refractivity contribution in [2.45, 2.75) is 43.7 Å². The van der Waals surface area contributed by atoms with Crippen molar-refractivity contribution in [1.29, 1.82) is 0 Å². The first-order valence-electron chi connectivity index (χ1n) is 8.53. The van der Waals surface area contributed by atoms with E-state index in [-0.39, 0.29) is 23.9 Å². The van der Waals surface area contributed by atoms with Crippen LogP contribution in [-0.4, -0.2) is 44.3 Å². The summed E-state index contributed by atoms with van der Waals surface area (Å²) in [6.45, 7) is 0. The fraction of sp³-hybridized carbons (Fsp3) is 0.529. The zero-order valence-corrected chi connectivity index (χ0v) is 14.3. The maximum atomic E-state index is 12.8. The van der Waals surface area contributed by atoms with Crippen LogP contribution in [0.3, 0.4) is 0 Å². The molecule has 2 atom stereocenters. The van der Waals surface area contributed by atoms with Gasteiger partial charge in [-0.3, -0.25) is 9.59 Å². The number of rotatable bonds is 4. The highest BCUT2D eigenvalue weighted by molar-refractivity contribution is 5.94. The van der Waals surface area contributed by atoms with Crippen LogP contribution in [0.5, 0.6) is 0 Å². The average Bonchev–Trinajstić information content (AvgIpc) is 3.16. The molecule has 132 valence electrons. The van der Waals surface area contributed by atoms with Crippen molar-refractivity contribution in [3.63, 3.8) is 0 Å². The number of hydrogen-bond donors (Lipinski definition) is 1. The molecular formula is C17H21N5O3. The molecule has 2 fully saturated rings. The Hall–Kier alpha value is -2.64. The van der Waals surface area contributed by atoms with E-state index in [0.717, 1.165) is 18.7 Å². The molecule has 2 aromatic heterocycles. The molecule has 2 amide bonds. The minimum atomic E-state index is -0.304. The van der Waals surface area contributed by atoms with Crippen LogP contribution in [0, 0.1) is 0 Å². The van der Waals surface area contributed by atoms with Gasteiger partial charge in [0.05, 0.1) is 6.04 Å². The lowest BCUT2D eigenvalue weighted by atomic mass is 9.95. The minimum Gasteiger partial charge on any atom is -0.447 e. The topological polar surface area (TPSA) is 93.3 Å².